The Morgan fingerprint density at radius 3 is 2.37 bits per heavy atom. The second-order valence-corrected chi connectivity index (χ2v) is 8.15. The number of hydrogen-bond acceptors (Lipinski definition) is 3. The van der Waals surface area contributed by atoms with Crippen LogP contribution < -0.4 is 4.74 Å². The first kappa shape index (κ1) is 20.4. The van der Waals surface area contributed by atoms with Gasteiger partial charge in [0.25, 0.3) is 5.91 Å². The van der Waals surface area contributed by atoms with Crippen molar-refractivity contribution in [3.05, 3.63) is 64.2 Å². The van der Waals surface area contributed by atoms with E-state index >= 15 is 0 Å². The Morgan fingerprint density at radius 2 is 1.70 bits per heavy atom. The van der Waals surface area contributed by atoms with Crippen molar-refractivity contribution in [3.8, 4) is 5.75 Å². The second kappa shape index (κ2) is 7.15. The zero-order valence-corrected chi connectivity index (χ0v) is 16.8. The van der Waals surface area contributed by atoms with Gasteiger partial charge in [-0.25, -0.2) is 0 Å². The number of alkyl halides is 3. The highest BCUT2D eigenvalue weighted by molar-refractivity contribution is 6.01. The summed E-state index contributed by atoms with van der Waals surface area (Å²) in [5.74, 6) is -0.0927. The fourth-order valence-corrected chi connectivity index (χ4v) is 4.23. The number of likely N-dealkylation sites (tertiary alicyclic amines) is 1. The Labute approximate surface area is 172 Å². The third kappa shape index (κ3) is 3.57. The number of fused-ring (bicyclic) bond motifs is 1. The SMILES string of the molecule is Cc1cc2c(cc1C)C(=O)CC1(CCN(C(=O)c3ccccc3C(F)(F)F)CC1)O2. The Morgan fingerprint density at radius 1 is 1.07 bits per heavy atom. The monoisotopic (exact) mass is 417 g/mol. The molecule has 4 nitrogen and oxygen atoms in total. The van der Waals surface area contributed by atoms with Gasteiger partial charge in [0.05, 0.1) is 23.1 Å². The van der Waals surface area contributed by atoms with Gasteiger partial charge in [0, 0.05) is 25.9 Å². The summed E-state index contributed by atoms with van der Waals surface area (Å²) in [6.07, 6.45) is -3.60. The lowest BCUT2D eigenvalue weighted by Crippen LogP contribution is -2.52. The van der Waals surface area contributed by atoms with Crippen molar-refractivity contribution in [1.82, 2.24) is 4.90 Å². The van der Waals surface area contributed by atoms with Gasteiger partial charge < -0.3 is 9.64 Å². The van der Waals surface area contributed by atoms with Crippen LogP contribution in [0.25, 0.3) is 0 Å². The van der Waals surface area contributed by atoms with E-state index in [2.05, 4.69) is 0 Å². The average Bonchev–Trinajstić information content (AvgIpc) is 2.69. The molecule has 0 atom stereocenters. The summed E-state index contributed by atoms with van der Waals surface area (Å²) in [5.41, 5.74) is 0.616. The molecule has 0 bridgehead atoms. The van der Waals surface area contributed by atoms with Crippen molar-refractivity contribution < 1.29 is 27.5 Å². The summed E-state index contributed by atoms with van der Waals surface area (Å²) >= 11 is 0. The maximum absolute atomic E-state index is 13.3. The fraction of sp³-hybridized carbons (Fsp3) is 0.391. The minimum Gasteiger partial charge on any atom is -0.486 e. The molecular formula is C23H22F3NO3. The van der Waals surface area contributed by atoms with Crippen LogP contribution in [0.15, 0.2) is 36.4 Å². The van der Waals surface area contributed by atoms with Crippen molar-refractivity contribution >= 4 is 11.7 Å². The van der Waals surface area contributed by atoms with E-state index < -0.39 is 23.2 Å². The number of nitrogens with zero attached hydrogens (tertiary/aromatic N) is 1. The van der Waals surface area contributed by atoms with Crippen molar-refractivity contribution in [2.24, 2.45) is 0 Å². The van der Waals surface area contributed by atoms with Crippen LogP contribution in [0.2, 0.25) is 0 Å². The summed E-state index contributed by atoms with van der Waals surface area (Å²) in [4.78, 5) is 26.9. The number of rotatable bonds is 1. The third-order valence-corrected chi connectivity index (χ3v) is 6.13. The van der Waals surface area contributed by atoms with Gasteiger partial charge in [0.1, 0.15) is 11.4 Å². The van der Waals surface area contributed by atoms with Crippen LogP contribution in [0.4, 0.5) is 13.2 Å². The summed E-state index contributed by atoms with van der Waals surface area (Å²) in [6.45, 7) is 4.36. The van der Waals surface area contributed by atoms with Crippen molar-refractivity contribution in [1.29, 1.82) is 0 Å². The first-order valence-corrected chi connectivity index (χ1v) is 9.89. The molecule has 0 N–H and O–H groups in total. The largest absolute Gasteiger partial charge is 0.486 e. The zero-order valence-electron chi connectivity index (χ0n) is 16.8. The Bertz CT molecular complexity index is 1020. The van der Waals surface area contributed by atoms with Crippen LogP contribution >= 0.6 is 0 Å². The molecule has 2 heterocycles. The number of hydrogen-bond donors (Lipinski definition) is 0. The Kier molecular flexibility index (Phi) is 4.87. The third-order valence-electron chi connectivity index (χ3n) is 6.13. The molecule has 1 spiro atoms. The number of halogens is 3. The molecule has 0 radical (unpaired) electrons. The van der Waals surface area contributed by atoms with Gasteiger partial charge in [0.2, 0.25) is 0 Å². The highest BCUT2D eigenvalue weighted by atomic mass is 19.4. The number of benzene rings is 2. The van der Waals surface area contributed by atoms with Gasteiger partial charge in [-0.2, -0.15) is 13.2 Å². The molecule has 2 aromatic carbocycles. The molecule has 158 valence electrons. The quantitative estimate of drug-likeness (QED) is 0.659. The number of ether oxygens (including phenoxy) is 1. The number of aryl methyl sites for hydroxylation is 2. The minimum absolute atomic E-state index is 0.00143. The highest BCUT2D eigenvalue weighted by Crippen LogP contribution is 2.41. The Hall–Kier alpha value is -2.83. The number of carbonyl (C=O) groups is 2. The average molecular weight is 417 g/mol. The topological polar surface area (TPSA) is 46.6 Å². The van der Waals surface area contributed by atoms with E-state index in [0.717, 1.165) is 17.2 Å². The van der Waals surface area contributed by atoms with Crippen LogP contribution in [-0.4, -0.2) is 35.3 Å². The van der Waals surface area contributed by atoms with Gasteiger partial charge in [-0.05, 0) is 49.2 Å². The number of piperidine rings is 1. The van der Waals surface area contributed by atoms with Crippen LogP contribution in [-0.2, 0) is 6.18 Å². The molecule has 4 rings (SSSR count). The second-order valence-electron chi connectivity index (χ2n) is 8.15. The smallest absolute Gasteiger partial charge is 0.417 e. The molecule has 0 unspecified atom stereocenters. The molecule has 2 aliphatic heterocycles. The normalized spacial score (nSPS) is 18.2. The maximum atomic E-state index is 13.3. The van der Waals surface area contributed by atoms with E-state index in [4.69, 9.17) is 4.74 Å². The fourth-order valence-electron chi connectivity index (χ4n) is 4.23. The molecule has 0 aliphatic carbocycles. The first-order chi connectivity index (χ1) is 14.1. The summed E-state index contributed by atoms with van der Waals surface area (Å²) in [6, 6.07) is 8.53. The van der Waals surface area contributed by atoms with Crippen LogP contribution in [0.5, 0.6) is 5.75 Å². The molecular weight excluding hydrogens is 395 g/mol. The Balaban J connectivity index is 1.53. The number of carbonyl (C=O) groups excluding carboxylic acids is 2. The lowest BCUT2D eigenvalue weighted by Gasteiger charge is -2.44. The molecule has 1 fully saturated rings. The molecule has 1 saturated heterocycles. The molecule has 2 aliphatic rings. The number of amides is 1. The number of Topliss-reactive ketones (excluding diaryl/α,β-unsaturated/α-hetero) is 1. The van der Waals surface area contributed by atoms with E-state index in [1.165, 1.54) is 23.1 Å². The van der Waals surface area contributed by atoms with E-state index in [-0.39, 0.29) is 30.9 Å². The van der Waals surface area contributed by atoms with Crippen molar-refractivity contribution in [2.45, 2.75) is 44.9 Å². The van der Waals surface area contributed by atoms with Crippen molar-refractivity contribution in [3.63, 3.8) is 0 Å². The summed E-state index contributed by atoms with van der Waals surface area (Å²) < 4.78 is 46.1. The van der Waals surface area contributed by atoms with Gasteiger partial charge in [-0.15, -0.1) is 0 Å². The van der Waals surface area contributed by atoms with E-state index in [9.17, 15) is 22.8 Å². The standard InChI is InChI=1S/C23H22F3NO3/c1-14-11-17-19(28)13-22(30-20(17)12-15(14)2)7-9-27(10-8-22)21(29)16-5-3-4-6-18(16)23(24,25)26/h3-6,11-12H,7-10,13H2,1-2H3. The lowest BCUT2D eigenvalue weighted by molar-refractivity contribution is -0.138. The van der Waals surface area contributed by atoms with E-state index in [1.807, 2.05) is 26.0 Å². The lowest BCUT2D eigenvalue weighted by atomic mass is 9.81. The van der Waals surface area contributed by atoms with Gasteiger partial charge in [0.15, 0.2) is 5.78 Å². The van der Waals surface area contributed by atoms with Crippen LogP contribution in [0.1, 0.15) is 56.7 Å². The summed E-state index contributed by atoms with van der Waals surface area (Å²) in [7, 11) is 0. The predicted octanol–water partition coefficient (Wildman–Crippen LogP) is 4.96. The van der Waals surface area contributed by atoms with Crippen LogP contribution in [0, 0.1) is 13.8 Å². The first-order valence-electron chi connectivity index (χ1n) is 9.89. The van der Waals surface area contributed by atoms with Crippen molar-refractivity contribution in [2.75, 3.05) is 13.1 Å². The highest BCUT2D eigenvalue weighted by Gasteiger charge is 2.44. The van der Waals surface area contributed by atoms with Gasteiger partial charge in [-0.1, -0.05) is 12.1 Å². The molecule has 0 aromatic heterocycles. The number of ketones is 1. The zero-order chi connectivity index (χ0) is 21.7. The molecule has 1 amide bonds. The van der Waals surface area contributed by atoms with E-state index in [0.29, 0.717) is 24.2 Å². The van der Waals surface area contributed by atoms with Gasteiger partial charge >= 0.3 is 6.18 Å². The molecule has 30 heavy (non-hydrogen) atoms. The summed E-state index contributed by atoms with van der Waals surface area (Å²) in [5, 5.41) is 0. The minimum atomic E-state index is -4.60. The predicted molar refractivity (Wildman–Crippen MR) is 105 cm³/mol. The molecule has 2 aromatic rings. The molecule has 7 heteroatoms. The van der Waals surface area contributed by atoms with Crippen LogP contribution in [0.3, 0.4) is 0 Å². The van der Waals surface area contributed by atoms with E-state index in [1.54, 1.807) is 0 Å². The molecule has 0 saturated carbocycles. The van der Waals surface area contributed by atoms with Gasteiger partial charge in [-0.3, -0.25) is 9.59 Å². The maximum Gasteiger partial charge on any atom is 0.417 e.